The van der Waals surface area contributed by atoms with Crippen molar-refractivity contribution in [2.45, 2.75) is 24.7 Å². The zero-order valence-electron chi connectivity index (χ0n) is 12.2. The van der Waals surface area contributed by atoms with Crippen LogP contribution in [0.1, 0.15) is 24.8 Å². The van der Waals surface area contributed by atoms with Crippen LogP contribution in [0.15, 0.2) is 22.7 Å². The van der Waals surface area contributed by atoms with Crippen LogP contribution in [0.25, 0.3) is 0 Å². The average Bonchev–Trinajstić information content (AvgIpc) is 2.40. The fourth-order valence-corrected chi connectivity index (χ4v) is 3.98. The van der Waals surface area contributed by atoms with Crippen LogP contribution in [-0.2, 0) is 5.41 Å². The number of hydrogen-bond acceptors (Lipinski definition) is 3. The molecule has 2 N–H and O–H groups in total. The Hall–Kier alpha value is -0.580. The number of piperazine rings is 1. The molecule has 0 unspecified atom stereocenters. The fourth-order valence-electron chi connectivity index (χ4n) is 3.35. The van der Waals surface area contributed by atoms with Gasteiger partial charge in [0.25, 0.3) is 0 Å². The number of benzene rings is 1. The summed E-state index contributed by atoms with van der Waals surface area (Å²) in [4.78, 5) is 4.86. The second-order valence-corrected chi connectivity index (χ2v) is 7.15. The van der Waals surface area contributed by atoms with E-state index in [1.165, 1.54) is 35.0 Å². The van der Waals surface area contributed by atoms with Crippen LogP contribution < -0.4 is 10.6 Å². The topological polar surface area (TPSA) is 32.5 Å². The molecular formula is C16H24BrN3. The van der Waals surface area contributed by atoms with Crippen LogP contribution in [0, 0.1) is 0 Å². The van der Waals surface area contributed by atoms with Gasteiger partial charge in [-0.05, 0) is 53.5 Å². The van der Waals surface area contributed by atoms with E-state index in [9.17, 15) is 0 Å². The smallest absolute Gasteiger partial charge is 0.0511 e. The Bertz CT molecular complexity index is 471. The van der Waals surface area contributed by atoms with Gasteiger partial charge in [0.2, 0.25) is 0 Å². The maximum absolute atomic E-state index is 6.02. The molecule has 1 saturated carbocycles. The van der Waals surface area contributed by atoms with Crippen LogP contribution in [0.3, 0.4) is 0 Å². The molecule has 0 aromatic heterocycles. The lowest BCUT2D eigenvalue weighted by atomic mass is 9.64. The first-order chi connectivity index (χ1) is 9.64. The molecule has 1 aromatic rings. The number of nitrogens with two attached hydrogens (primary N) is 1. The van der Waals surface area contributed by atoms with Crippen LogP contribution in [0.5, 0.6) is 0 Å². The number of anilines is 1. The molecule has 110 valence electrons. The van der Waals surface area contributed by atoms with Crippen LogP contribution in [0.4, 0.5) is 5.69 Å². The van der Waals surface area contributed by atoms with E-state index in [1.807, 2.05) is 0 Å². The molecule has 0 spiro atoms. The maximum atomic E-state index is 6.02. The molecule has 2 aliphatic rings. The van der Waals surface area contributed by atoms with Gasteiger partial charge in [-0.25, -0.2) is 0 Å². The molecule has 0 radical (unpaired) electrons. The van der Waals surface area contributed by atoms with E-state index in [2.05, 4.69) is 51.0 Å². The quantitative estimate of drug-likeness (QED) is 0.920. The SMILES string of the molecule is CN1CCN(c2ccc(C3(CN)CCC3)cc2Br)CC1. The molecule has 3 nitrogen and oxygen atoms in total. The Morgan fingerprint density at radius 3 is 2.40 bits per heavy atom. The molecule has 3 rings (SSSR count). The van der Waals surface area contributed by atoms with Gasteiger partial charge in [-0.2, -0.15) is 0 Å². The van der Waals surface area contributed by atoms with E-state index < -0.39 is 0 Å². The van der Waals surface area contributed by atoms with Crippen molar-refractivity contribution in [3.05, 3.63) is 28.2 Å². The Morgan fingerprint density at radius 2 is 1.90 bits per heavy atom. The van der Waals surface area contributed by atoms with Gasteiger partial charge in [0, 0.05) is 42.6 Å². The highest BCUT2D eigenvalue weighted by atomic mass is 79.9. The number of likely N-dealkylation sites (N-methyl/N-ethyl adjacent to an activating group) is 1. The summed E-state index contributed by atoms with van der Waals surface area (Å²) in [5.41, 5.74) is 9.01. The highest BCUT2D eigenvalue weighted by Gasteiger charge is 2.37. The van der Waals surface area contributed by atoms with Crippen molar-refractivity contribution in [1.82, 2.24) is 4.90 Å². The van der Waals surface area contributed by atoms with Crippen LogP contribution >= 0.6 is 15.9 Å². The molecule has 2 fully saturated rings. The van der Waals surface area contributed by atoms with E-state index in [1.54, 1.807) is 0 Å². The van der Waals surface area contributed by atoms with Gasteiger partial charge in [0.1, 0.15) is 0 Å². The minimum absolute atomic E-state index is 0.253. The summed E-state index contributed by atoms with van der Waals surface area (Å²) in [5.74, 6) is 0. The second kappa shape index (κ2) is 5.66. The summed E-state index contributed by atoms with van der Waals surface area (Å²) in [6.07, 6.45) is 3.79. The van der Waals surface area contributed by atoms with Crippen LogP contribution in [0.2, 0.25) is 0 Å². The van der Waals surface area contributed by atoms with Crippen molar-refractivity contribution in [2.24, 2.45) is 5.73 Å². The normalized spacial score (nSPS) is 22.6. The first kappa shape index (κ1) is 14.4. The number of halogens is 1. The lowest BCUT2D eigenvalue weighted by Gasteiger charge is -2.42. The first-order valence-electron chi connectivity index (χ1n) is 7.58. The fraction of sp³-hybridized carbons (Fsp3) is 0.625. The van der Waals surface area contributed by atoms with E-state index in [0.29, 0.717) is 0 Å². The molecule has 1 heterocycles. The zero-order chi connectivity index (χ0) is 14.2. The molecule has 1 aromatic carbocycles. The minimum Gasteiger partial charge on any atom is -0.368 e. The lowest BCUT2D eigenvalue weighted by Crippen LogP contribution is -2.44. The van der Waals surface area contributed by atoms with Gasteiger partial charge in [0.15, 0.2) is 0 Å². The largest absolute Gasteiger partial charge is 0.368 e. The summed E-state index contributed by atoms with van der Waals surface area (Å²) in [5, 5.41) is 0. The van der Waals surface area contributed by atoms with Crippen molar-refractivity contribution >= 4 is 21.6 Å². The molecule has 1 aliphatic carbocycles. The molecule has 0 bridgehead atoms. The molecule has 1 aliphatic heterocycles. The summed E-state index contributed by atoms with van der Waals surface area (Å²) in [6, 6.07) is 6.88. The van der Waals surface area contributed by atoms with Crippen molar-refractivity contribution in [2.75, 3.05) is 44.7 Å². The van der Waals surface area contributed by atoms with Gasteiger partial charge in [-0.3, -0.25) is 0 Å². The third-order valence-electron chi connectivity index (χ3n) is 5.11. The van der Waals surface area contributed by atoms with Gasteiger partial charge < -0.3 is 15.5 Å². The predicted octanol–water partition coefficient (Wildman–Crippen LogP) is 2.58. The lowest BCUT2D eigenvalue weighted by molar-refractivity contribution is 0.253. The van der Waals surface area contributed by atoms with Gasteiger partial charge in [-0.1, -0.05) is 12.5 Å². The summed E-state index contributed by atoms with van der Waals surface area (Å²) < 4.78 is 1.22. The maximum Gasteiger partial charge on any atom is 0.0511 e. The van der Waals surface area contributed by atoms with Crippen LogP contribution in [-0.4, -0.2) is 44.7 Å². The predicted molar refractivity (Wildman–Crippen MR) is 88.4 cm³/mol. The van der Waals surface area contributed by atoms with Crippen molar-refractivity contribution < 1.29 is 0 Å². The molecule has 20 heavy (non-hydrogen) atoms. The summed E-state index contributed by atoms with van der Waals surface area (Å²) in [7, 11) is 2.19. The third-order valence-corrected chi connectivity index (χ3v) is 5.74. The van der Waals surface area contributed by atoms with Crippen molar-refractivity contribution in [1.29, 1.82) is 0 Å². The number of nitrogens with zero attached hydrogens (tertiary/aromatic N) is 2. The average molecular weight is 338 g/mol. The van der Waals surface area contributed by atoms with Gasteiger partial charge in [0.05, 0.1) is 5.69 Å². The van der Waals surface area contributed by atoms with Crippen molar-refractivity contribution in [3.8, 4) is 0 Å². The molecule has 1 saturated heterocycles. The molecular weight excluding hydrogens is 314 g/mol. The van der Waals surface area contributed by atoms with E-state index in [0.717, 1.165) is 32.7 Å². The van der Waals surface area contributed by atoms with Gasteiger partial charge in [-0.15, -0.1) is 0 Å². The third kappa shape index (κ3) is 2.49. The van der Waals surface area contributed by atoms with Crippen molar-refractivity contribution in [3.63, 3.8) is 0 Å². The Balaban J connectivity index is 1.81. The Labute approximate surface area is 130 Å². The zero-order valence-corrected chi connectivity index (χ0v) is 13.8. The highest BCUT2D eigenvalue weighted by Crippen LogP contribution is 2.44. The Kier molecular flexibility index (Phi) is 4.07. The van der Waals surface area contributed by atoms with E-state index in [-0.39, 0.29) is 5.41 Å². The summed E-state index contributed by atoms with van der Waals surface area (Å²) >= 11 is 3.78. The summed E-state index contributed by atoms with van der Waals surface area (Å²) in [6.45, 7) is 5.27. The van der Waals surface area contributed by atoms with Gasteiger partial charge >= 0.3 is 0 Å². The number of rotatable bonds is 3. The first-order valence-corrected chi connectivity index (χ1v) is 8.37. The van der Waals surface area contributed by atoms with E-state index >= 15 is 0 Å². The second-order valence-electron chi connectivity index (χ2n) is 6.29. The minimum atomic E-state index is 0.253. The standard InChI is InChI=1S/C16H24BrN3/c1-19-7-9-20(10-8-19)15-4-3-13(11-14(15)17)16(12-18)5-2-6-16/h3-4,11H,2,5-10,12,18H2,1H3. The van der Waals surface area contributed by atoms with E-state index in [4.69, 9.17) is 5.73 Å². The molecule has 0 atom stereocenters. The highest BCUT2D eigenvalue weighted by molar-refractivity contribution is 9.10. The molecule has 0 amide bonds. The molecule has 4 heteroatoms. The Morgan fingerprint density at radius 1 is 1.20 bits per heavy atom. The monoisotopic (exact) mass is 337 g/mol. The number of hydrogen-bond donors (Lipinski definition) is 1.